The van der Waals surface area contributed by atoms with Gasteiger partial charge in [0.25, 0.3) is 0 Å². The Bertz CT molecular complexity index is 1280. The van der Waals surface area contributed by atoms with Gasteiger partial charge >= 0.3 is 17.9 Å². The molecule has 1 saturated heterocycles. The summed E-state index contributed by atoms with van der Waals surface area (Å²) in [6, 6.07) is 6.59. The van der Waals surface area contributed by atoms with E-state index in [1.54, 1.807) is 86.7 Å². The lowest BCUT2D eigenvalue weighted by Crippen LogP contribution is -2.63. The molecule has 0 N–H and O–H groups in total. The van der Waals surface area contributed by atoms with E-state index in [-0.39, 0.29) is 18.8 Å². The lowest BCUT2D eigenvalue weighted by Gasteiger charge is -2.49. The highest BCUT2D eigenvalue weighted by Crippen LogP contribution is 2.39. The molecule has 44 heavy (non-hydrogen) atoms. The van der Waals surface area contributed by atoms with Crippen molar-refractivity contribution in [1.29, 1.82) is 0 Å². The number of nitrogens with zero attached hydrogens (tertiary/aromatic N) is 1. The Balaban J connectivity index is 2.19. The second-order valence-electron chi connectivity index (χ2n) is 14.4. The number of ether oxygens (including phenoxy) is 4. The summed E-state index contributed by atoms with van der Waals surface area (Å²) in [6.45, 7) is 19.0. The van der Waals surface area contributed by atoms with Gasteiger partial charge in [-0.3, -0.25) is 19.2 Å². The Morgan fingerprint density at radius 3 is 1.89 bits per heavy atom. The predicted molar refractivity (Wildman–Crippen MR) is 166 cm³/mol. The summed E-state index contributed by atoms with van der Waals surface area (Å²) >= 11 is 6.17. The number of esters is 3. The highest BCUT2D eigenvalue weighted by atomic mass is 35.5. The van der Waals surface area contributed by atoms with Crippen LogP contribution in [0.5, 0.6) is 0 Å². The van der Waals surface area contributed by atoms with Gasteiger partial charge in [0.2, 0.25) is 0 Å². The first-order valence-electron chi connectivity index (χ1n) is 14.9. The van der Waals surface area contributed by atoms with E-state index in [9.17, 15) is 19.2 Å². The molecule has 2 heterocycles. The maximum atomic E-state index is 13.4. The van der Waals surface area contributed by atoms with Crippen LogP contribution in [0, 0.1) is 16.2 Å². The SMILES string of the molecule is C=CCC1=CN(C2OCC(OC(=O)C(C)(C)C)C(OC(=O)C(C)(C)C)C2OC(=O)C(C)(C)C)C(c2ccc(Cl)cc2)CC1=O. The molecule has 5 atom stereocenters. The molecule has 0 aromatic heterocycles. The number of ketones is 1. The average Bonchev–Trinajstić information content (AvgIpc) is 2.90. The molecule has 2 aliphatic rings. The Labute approximate surface area is 265 Å². The van der Waals surface area contributed by atoms with E-state index in [2.05, 4.69) is 6.58 Å². The molecular formula is C34H46ClNO8. The van der Waals surface area contributed by atoms with Gasteiger partial charge < -0.3 is 23.8 Å². The minimum atomic E-state index is -1.23. The molecule has 0 aliphatic carbocycles. The molecule has 0 radical (unpaired) electrons. The number of Topliss-reactive ketones (excluding diaryl/α,β-unsaturated/α-hetero) is 1. The molecular weight excluding hydrogens is 586 g/mol. The van der Waals surface area contributed by atoms with Crippen LogP contribution in [0.4, 0.5) is 0 Å². The van der Waals surface area contributed by atoms with Gasteiger partial charge in [0, 0.05) is 23.2 Å². The van der Waals surface area contributed by atoms with E-state index in [0.717, 1.165) is 5.56 Å². The van der Waals surface area contributed by atoms with Crippen molar-refractivity contribution < 1.29 is 38.1 Å². The molecule has 3 rings (SSSR count). The first kappa shape index (κ1) is 35.3. The van der Waals surface area contributed by atoms with Crippen LogP contribution in [0.3, 0.4) is 0 Å². The Kier molecular flexibility index (Phi) is 10.8. The van der Waals surface area contributed by atoms with Crippen molar-refractivity contribution in [2.75, 3.05) is 6.61 Å². The molecule has 2 aliphatic heterocycles. The third-order valence-corrected chi connectivity index (χ3v) is 7.55. The average molecular weight is 632 g/mol. The molecule has 10 heteroatoms. The van der Waals surface area contributed by atoms with E-state index in [4.69, 9.17) is 30.5 Å². The standard InChI is InChI=1S/C34H46ClNO8/c1-11-12-21-18-36(23(17-24(21)37)20-13-15-22(35)16-14-20)28-27(44-31(40)34(8,9)10)26(43-30(39)33(5,6)7)25(19-41-28)42-29(38)32(2,3)4/h11,13-16,18,23,25-28H,1,12,17,19H2,2-10H3. The molecule has 1 aromatic carbocycles. The lowest BCUT2D eigenvalue weighted by molar-refractivity contribution is -0.256. The minimum absolute atomic E-state index is 0.0622. The Morgan fingerprint density at radius 1 is 0.886 bits per heavy atom. The zero-order chi connectivity index (χ0) is 33.2. The van der Waals surface area contributed by atoms with Crippen LogP contribution in [0.1, 0.15) is 86.8 Å². The zero-order valence-corrected chi connectivity index (χ0v) is 28.0. The van der Waals surface area contributed by atoms with Crippen molar-refractivity contribution >= 4 is 35.3 Å². The molecule has 242 valence electrons. The third-order valence-electron chi connectivity index (χ3n) is 7.30. The second-order valence-corrected chi connectivity index (χ2v) is 14.9. The van der Waals surface area contributed by atoms with Gasteiger partial charge in [-0.05, 0) is 86.4 Å². The monoisotopic (exact) mass is 631 g/mol. The zero-order valence-electron chi connectivity index (χ0n) is 27.3. The summed E-state index contributed by atoms with van der Waals surface area (Å²) in [6.07, 6.45) is -0.775. The van der Waals surface area contributed by atoms with Gasteiger partial charge in [0.15, 0.2) is 30.3 Å². The van der Waals surface area contributed by atoms with Crippen LogP contribution in [0.15, 0.2) is 48.7 Å². The van der Waals surface area contributed by atoms with Crippen molar-refractivity contribution in [3.8, 4) is 0 Å². The van der Waals surface area contributed by atoms with Crippen molar-refractivity contribution in [3.63, 3.8) is 0 Å². The molecule has 0 saturated carbocycles. The van der Waals surface area contributed by atoms with Crippen LogP contribution in [-0.4, -0.2) is 59.7 Å². The lowest BCUT2D eigenvalue weighted by atomic mass is 9.90. The topological polar surface area (TPSA) is 108 Å². The van der Waals surface area contributed by atoms with Crippen LogP contribution in [0.25, 0.3) is 0 Å². The maximum Gasteiger partial charge on any atom is 0.311 e. The van der Waals surface area contributed by atoms with E-state index in [1.807, 2.05) is 17.0 Å². The van der Waals surface area contributed by atoms with Gasteiger partial charge in [0.05, 0.1) is 28.9 Å². The fourth-order valence-electron chi connectivity index (χ4n) is 4.60. The molecule has 0 bridgehead atoms. The highest BCUT2D eigenvalue weighted by Gasteiger charge is 2.53. The number of hydrogen-bond acceptors (Lipinski definition) is 9. The van der Waals surface area contributed by atoms with E-state index < -0.39 is 64.7 Å². The summed E-state index contributed by atoms with van der Waals surface area (Å²) in [5.74, 6) is -1.73. The van der Waals surface area contributed by atoms with Crippen LogP contribution in [0.2, 0.25) is 5.02 Å². The molecule has 0 spiro atoms. The summed E-state index contributed by atoms with van der Waals surface area (Å²) in [5, 5.41) is 0.536. The number of carbonyl (C=O) groups is 4. The third kappa shape index (κ3) is 8.51. The quantitative estimate of drug-likeness (QED) is 0.193. The van der Waals surface area contributed by atoms with E-state index in [0.29, 0.717) is 17.0 Å². The molecule has 1 aromatic rings. The normalized spacial score (nSPS) is 24.7. The highest BCUT2D eigenvalue weighted by molar-refractivity contribution is 6.30. The van der Waals surface area contributed by atoms with E-state index in [1.165, 1.54) is 0 Å². The second kappa shape index (κ2) is 13.4. The molecule has 1 fully saturated rings. The minimum Gasteiger partial charge on any atom is -0.455 e. The summed E-state index contributed by atoms with van der Waals surface area (Å²) < 4.78 is 24.4. The number of hydrogen-bond donors (Lipinski definition) is 0. The van der Waals surface area contributed by atoms with Gasteiger partial charge in [-0.15, -0.1) is 6.58 Å². The molecule has 9 nitrogen and oxygen atoms in total. The number of benzene rings is 1. The van der Waals surface area contributed by atoms with E-state index >= 15 is 0 Å². The Hall–Kier alpha value is -3.17. The van der Waals surface area contributed by atoms with Gasteiger partial charge in [-0.1, -0.05) is 29.8 Å². The van der Waals surface area contributed by atoms with Crippen molar-refractivity contribution in [2.24, 2.45) is 16.2 Å². The number of allylic oxidation sites excluding steroid dienone is 2. The van der Waals surface area contributed by atoms with Crippen LogP contribution >= 0.6 is 11.6 Å². The van der Waals surface area contributed by atoms with Crippen molar-refractivity contribution in [1.82, 2.24) is 4.90 Å². The van der Waals surface area contributed by atoms with Gasteiger partial charge in [0.1, 0.15) is 0 Å². The number of halogens is 1. The summed E-state index contributed by atoms with van der Waals surface area (Å²) in [5.41, 5.74) is -1.41. The van der Waals surface area contributed by atoms with Gasteiger partial charge in [-0.25, -0.2) is 0 Å². The summed E-state index contributed by atoms with van der Waals surface area (Å²) in [4.78, 5) is 54.9. The predicted octanol–water partition coefficient (Wildman–Crippen LogP) is 6.35. The number of carbonyl (C=O) groups excluding carboxylic acids is 4. The number of rotatable bonds is 7. The smallest absolute Gasteiger partial charge is 0.311 e. The molecule has 0 amide bonds. The fourth-order valence-corrected chi connectivity index (χ4v) is 4.72. The Morgan fingerprint density at radius 2 is 1.39 bits per heavy atom. The van der Waals surface area contributed by atoms with Gasteiger partial charge in [-0.2, -0.15) is 0 Å². The first-order valence-corrected chi connectivity index (χ1v) is 15.2. The summed E-state index contributed by atoms with van der Waals surface area (Å²) in [7, 11) is 0. The van der Waals surface area contributed by atoms with Crippen molar-refractivity contribution in [2.45, 2.75) is 106 Å². The van der Waals surface area contributed by atoms with Crippen molar-refractivity contribution in [3.05, 3.63) is 59.3 Å². The van der Waals surface area contributed by atoms with Crippen LogP contribution < -0.4 is 0 Å². The largest absolute Gasteiger partial charge is 0.455 e. The first-order chi connectivity index (χ1) is 20.2. The maximum absolute atomic E-state index is 13.4. The van der Waals surface area contributed by atoms with Crippen LogP contribution in [-0.2, 0) is 38.1 Å². The molecule has 5 unspecified atom stereocenters. The fraction of sp³-hybridized carbons (Fsp3) is 0.588.